The van der Waals surface area contributed by atoms with Crippen molar-refractivity contribution >= 4 is 25.8 Å². The lowest BCUT2D eigenvalue weighted by atomic mass is 9.97. The summed E-state index contributed by atoms with van der Waals surface area (Å²) in [5.74, 6) is 0.613. The molecule has 21 heavy (non-hydrogen) atoms. The first-order valence-corrected chi connectivity index (χ1v) is 10.0. The molecule has 3 nitrogen and oxygen atoms in total. The van der Waals surface area contributed by atoms with Crippen molar-refractivity contribution in [1.82, 2.24) is 5.32 Å². The Bertz CT molecular complexity index is 529. The normalized spacial score (nSPS) is 13.6. The smallest absolute Gasteiger partial charge is 0.152 e. The summed E-state index contributed by atoms with van der Waals surface area (Å²) in [6.45, 7) is 7.34. The van der Waals surface area contributed by atoms with Gasteiger partial charge in [0.15, 0.2) is 9.84 Å². The summed E-state index contributed by atoms with van der Waals surface area (Å²) in [6.07, 6.45) is 1.61. The van der Waals surface area contributed by atoms with Gasteiger partial charge in [0.2, 0.25) is 0 Å². The molecule has 5 heteroatoms. The number of sulfone groups is 1. The van der Waals surface area contributed by atoms with Crippen molar-refractivity contribution in [2.75, 3.05) is 18.8 Å². The number of benzene rings is 1. The average molecular weight is 376 g/mol. The van der Waals surface area contributed by atoms with Gasteiger partial charge in [-0.25, -0.2) is 8.42 Å². The van der Waals surface area contributed by atoms with Crippen LogP contribution in [0.1, 0.15) is 32.8 Å². The molecule has 0 fully saturated rings. The van der Waals surface area contributed by atoms with Crippen molar-refractivity contribution in [2.45, 2.75) is 38.9 Å². The first-order chi connectivity index (χ1) is 9.85. The predicted molar refractivity (Wildman–Crippen MR) is 93.4 cm³/mol. The van der Waals surface area contributed by atoms with Crippen LogP contribution in [0.15, 0.2) is 28.7 Å². The van der Waals surface area contributed by atoms with Crippen LogP contribution < -0.4 is 5.32 Å². The Morgan fingerprint density at radius 1 is 1.29 bits per heavy atom. The van der Waals surface area contributed by atoms with Crippen LogP contribution in [0.5, 0.6) is 0 Å². The zero-order chi connectivity index (χ0) is 15.9. The van der Waals surface area contributed by atoms with Gasteiger partial charge in [-0.2, -0.15) is 0 Å². The zero-order valence-electron chi connectivity index (χ0n) is 13.1. The summed E-state index contributed by atoms with van der Waals surface area (Å²) in [6, 6.07) is 8.23. The number of nitrogens with one attached hydrogen (secondary N) is 1. The topological polar surface area (TPSA) is 46.2 Å². The van der Waals surface area contributed by atoms with Gasteiger partial charge >= 0.3 is 0 Å². The molecule has 1 aromatic rings. The van der Waals surface area contributed by atoms with E-state index in [4.69, 9.17) is 0 Å². The Morgan fingerprint density at radius 3 is 2.57 bits per heavy atom. The van der Waals surface area contributed by atoms with Crippen LogP contribution >= 0.6 is 15.9 Å². The second kappa shape index (κ2) is 8.91. The lowest BCUT2D eigenvalue weighted by molar-refractivity contribution is 0.464. The summed E-state index contributed by atoms with van der Waals surface area (Å²) < 4.78 is 25.0. The molecule has 1 rings (SSSR count). The molecule has 0 amide bonds. The molecule has 0 radical (unpaired) electrons. The molecule has 1 atom stereocenters. The molecule has 0 saturated carbocycles. The Balaban J connectivity index is 2.67. The van der Waals surface area contributed by atoms with Crippen LogP contribution in [0.25, 0.3) is 0 Å². The van der Waals surface area contributed by atoms with Gasteiger partial charge in [-0.1, -0.05) is 35.0 Å². The van der Waals surface area contributed by atoms with E-state index < -0.39 is 9.84 Å². The lowest BCUT2D eigenvalue weighted by Gasteiger charge is -2.18. The van der Waals surface area contributed by atoms with E-state index in [2.05, 4.69) is 40.3 Å². The third-order valence-corrected chi connectivity index (χ3v) is 6.36. The Morgan fingerprint density at radius 2 is 2.00 bits per heavy atom. The monoisotopic (exact) mass is 375 g/mol. The second-order valence-electron chi connectivity index (χ2n) is 5.71. The standard InChI is InChI=1S/C16H26BrNO2S/c1-4-18-12-15(8-9-21(19,20)13(2)3)10-14-6-5-7-16(17)11-14/h5-7,11,13,15,18H,4,8-10,12H2,1-3H3. The molecule has 0 bridgehead atoms. The van der Waals surface area contributed by atoms with Crippen molar-refractivity contribution in [3.8, 4) is 0 Å². The van der Waals surface area contributed by atoms with Gasteiger partial charge in [-0.05, 0) is 63.4 Å². The summed E-state index contributed by atoms with van der Waals surface area (Å²) in [7, 11) is -2.96. The summed E-state index contributed by atoms with van der Waals surface area (Å²) in [5, 5.41) is 3.05. The van der Waals surface area contributed by atoms with E-state index in [0.29, 0.717) is 12.3 Å². The third-order valence-electron chi connectivity index (χ3n) is 3.63. The van der Waals surface area contributed by atoms with Gasteiger partial charge in [0.1, 0.15) is 0 Å². The first kappa shape index (κ1) is 18.7. The quantitative estimate of drug-likeness (QED) is 0.718. The number of halogens is 1. The highest BCUT2D eigenvalue weighted by Crippen LogP contribution is 2.18. The molecule has 0 saturated heterocycles. The van der Waals surface area contributed by atoms with E-state index in [0.717, 1.165) is 24.0 Å². The fourth-order valence-electron chi connectivity index (χ4n) is 2.19. The number of hydrogen-bond acceptors (Lipinski definition) is 3. The molecule has 0 spiro atoms. The van der Waals surface area contributed by atoms with Gasteiger partial charge in [-0.15, -0.1) is 0 Å². The van der Waals surface area contributed by atoms with Crippen LogP contribution in [0.2, 0.25) is 0 Å². The summed E-state index contributed by atoms with van der Waals surface area (Å²) in [5.41, 5.74) is 1.24. The van der Waals surface area contributed by atoms with E-state index in [1.54, 1.807) is 13.8 Å². The summed E-state index contributed by atoms with van der Waals surface area (Å²) >= 11 is 3.48. The molecule has 0 heterocycles. The molecule has 1 unspecified atom stereocenters. The van der Waals surface area contributed by atoms with Crippen LogP contribution in [-0.2, 0) is 16.3 Å². The van der Waals surface area contributed by atoms with Crippen molar-refractivity contribution in [2.24, 2.45) is 5.92 Å². The van der Waals surface area contributed by atoms with E-state index >= 15 is 0 Å². The zero-order valence-corrected chi connectivity index (χ0v) is 15.5. The van der Waals surface area contributed by atoms with E-state index in [1.807, 2.05) is 12.1 Å². The molecule has 0 aliphatic heterocycles. The van der Waals surface area contributed by atoms with Gasteiger partial charge in [0.05, 0.1) is 11.0 Å². The average Bonchev–Trinajstić information content (AvgIpc) is 2.41. The fraction of sp³-hybridized carbons (Fsp3) is 0.625. The van der Waals surface area contributed by atoms with Crippen molar-refractivity contribution in [3.05, 3.63) is 34.3 Å². The highest BCUT2D eigenvalue weighted by molar-refractivity contribution is 9.10. The van der Waals surface area contributed by atoms with Gasteiger partial charge < -0.3 is 5.32 Å². The predicted octanol–water partition coefficient (Wildman–Crippen LogP) is 3.43. The lowest BCUT2D eigenvalue weighted by Crippen LogP contribution is -2.27. The molecule has 120 valence electrons. The Kier molecular flexibility index (Phi) is 7.92. The molecule has 0 aliphatic carbocycles. The maximum absolute atomic E-state index is 12.0. The highest BCUT2D eigenvalue weighted by Gasteiger charge is 2.19. The highest BCUT2D eigenvalue weighted by atomic mass is 79.9. The van der Waals surface area contributed by atoms with Crippen LogP contribution in [0, 0.1) is 5.92 Å². The fourth-order valence-corrected chi connectivity index (χ4v) is 3.77. The molecule has 0 aromatic heterocycles. The van der Waals surface area contributed by atoms with Gasteiger partial charge in [0.25, 0.3) is 0 Å². The van der Waals surface area contributed by atoms with E-state index in [1.165, 1.54) is 5.56 Å². The van der Waals surface area contributed by atoms with E-state index in [9.17, 15) is 8.42 Å². The minimum absolute atomic E-state index is 0.273. The first-order valence-electron chi connectivity index (χ1n) is 7.52. The Hall–Kier alpha value is -0.390. The van der Waals surface area contributed by atoms with E-state index in [-0.39, 0.29) is 11.0 Å². The molecule has 1 N–H and O–H groups in total. The van der Waals surface area contributed by atoms with Gasteiger partial charge in [-0.3, -0.25) is 0 Å². The minimum atomic E-state index is -2.96. The molecular formula is C16H26BrNO2S. The number of rotatable bonds is 9. The van der Waals surface area contributed by atoms with Gasteiger partial charge in [0, 0.05) is 4.47 Å². The largest absolute Gasteiger partial charge is 0.317 e. The van der Waals surface area contributed by atoms with Crippen molar-refractivity contribution in [1.29, 1.82) is 0 Å². The second-order valence-corrected chi connectivity index (χ2v) is 9.30. The molecular weight excluding hydrogens is 350 g/mol. The minimum Gasteiger partial charge on any atom is -0.317 e. The summed E-state index contributed by atoms with van der Waals surface area (Å²) in [4.78, 5) is 0. The maximum Gasteiger partial charge on any atom is 0.152 e. The molecule has 1 aromatic carbocycles. The molecule has 0 aliphatic rings. The van der Waals surface area contributed by atoms with Crippen LogP contribution in [0.4, 0.5) is 0 Å². The van der Waals surface area contributed by atoms with Crippen LogP contribution in [-0.4, -0.2) is 32.5 Å². The third kappa shape index (κ3) is 6.94. The number of hydrogen-bond donors (Lipinski definition) is 1. The van der Waals surface area contributed by atoms with Crippen molar-refractivity contribution in [3.63, 3.8) is 0 Å². The maximum atomic E-state index is 12.0. The van der Waals surface area contributed by atoms with Crippen LogP contribution in [0.3, 0.4) is 0 Å². The SMILES string of the molecule is CCNCC(CCS(=O)(=O)C(C)C)Cc1cccc(Br)c1. The Labute approximate surface area is 137 Å². The van der Waals surface area contributed by atoms with Crippen molar-refractivity contribution < 1.29 is 8.42 Å².